The number of phenols is 3. The average Bonchev–Trinajstić information content (AvgIpc) is 3.40. The smallest absolute Gasteiger partial charge is 0.202 e. The molecule has 7 rings (SSSR count). The Bertz CT molecular complexity index is 1610. The molecule has 8 atom stereocenters. The van der Waals surface area contributed by atoms with Gasteiger partial charge in [-0.2, -0.15) is 0 Å². The number of aromatic hydroxyl groups is 3. The molecule has 2 aromatic carbocycles. The first kappa shape index (κ1) is 30.2. The number of ether oxygens (including phenoxy) is 5. The van der Waals surface area contributed by atoms with Crippen LogP contribution < -0.4 is 0 Å². The fourth-order valence-electron chi connectivity index (χ4n) is 7.53. The lowest BCUT2D eigenvalue weighted by molar-refractivity contribution is -0.256. The van der Waals surface area contributed by atoms with Gasteiger partial charge in [-0.3, -0.25) is 19.3 Å². The summed E-state index contributed by atoms with van der Waals surface area (Å²) in [7, 11) is 1.53. The van der Waals surface area contributed by atoms with Crippen LogP contribution in [0.2, 0.25) is 0 Å². The molecule has 2 aliphatic carbocycles. The summed E-state index contributed by atoms with van der Waals surface area (Å²) in [4.78, 5) is 42.1. The molecule has 5 N–H and O–H groups in total. The molecule has 3 fully saturated rings. The van der Waals surface area contributed by atoms with E-state index >= 15 is 0 Å². The van der Waals surface area contributed by atoms with Gasteiger partial charge in [0.2, 0.25) is 5.78 Å². The Morgan fingerprint density at radius 1 is 1.09 bits per heavy atom. The number of Topliss-reactive ketones (excluding diaryl/α,β-unsaturated/α-hetero) is 1. The third kappa shape index (κ3) is 4.43. The van der Waals surface area contributed by atoms with Gasteiger partial charge in [-0.05, 0) is 13.0 Å². The zero-order chi connectivity index (χ0) is 31.9. The standard InChI is InChI=1S/C31H33NO13/c1-12-28-15(32-6-7-42-30(41-2)29(32)45-28)8-19(43-12)44-17-10-31(40,18(35)11-33)9-14-21(17)27(39)23-22(25(14)37)24(36)13-4-3-5-16(34)20(13)26(23)38/h3-5,12,15,17,19,28-30,33-34,37,39-40H,6-11H2,1-2H3/t12-,15-,17-,19-,28+,29+,30-,31-/m0/s1. The second-order valence-electron chi connectivity index (χ2n) is 12.1. The largest absolute Gasteiger partial charge is 0.507 e. The van der Waals surface area contributed by atoms with Gasteiger partial charge in [-0.1, -0.05) is 12.1 Å². The number of methoxy groups -OCH3 is 1. The van der Waals surface area contributed by atoms with Crippen LogP contribution in [0.3, 0.4) is 0 Å². The summed E-state index contributed by atoms with van der Waals surface area (Å²) in [6, 6.07) is 3.71. The van der Waals surface area contributed by atoms with Gasteiger partial charge in [0.05, 0.1) is 35.5 Å². The number of nitrogens with zero attached hydrogens (tertiary/aromatic N) is 1. The Morgan fingerprint density at radius 2 is 1.84 bits per heavy atom. The average molecular weight is 628 g/mol. The Labute approximate surface area is 256 Å². The Kier molecular flexibility index (Phi) is 7.26. The summed E-state index contributed by atoms with van der Waals surface area (Å²) in [5.41, 5.74) is -4.08. The van der Waals surface area contributed by atoms with Crippen LogP contribution in [0.15, 0.2) is 18.2 Å². The molecular formula is C31H33NO13. The summed E-state index contributed by atoms with van der Waals surface area (Å²) < 4.78 is 29.9. The number of carbonyl (C=O) groups excluding carboxylic acids is 3. The topological polar surface area (TPSA) is 202 Å². The van der Waals surface area contributed by atoms with Crippen molar-refractivity contribution in [3.63, 3.8) is 0 Å². The van der Waals surface area contributed by atoms with E-state index in [2.05, 4.69) is 4.90 Å². The van der Waals surface area contributed by atoms with E-state index in [4.69, 9.17) is 23.7 Å². The van der Waals surface area contributed by atoms with Gasteiger partial charge in [0.25, 0.3) is 0 Å². The van der Waals surface area contributed by atoms with Crippen LogP contribution in [0.1, 0.15) is 68.8 Å². The van der Waals surface area contributed by atoms with E-state index in [0.717, 1.165) is 0 Å². The Hall–Kier alpha value is -3.47. The summed E-state index contributed by atoms with van der Waals surface area (Å²) in [5, 5.41) is 54.7. The molecular weight excluding hydrogens is 594 g/mol. The van der Waals surface area contributed by atoms with E-state index < -0.39 is 102 Å². The molecule has 5 aliphatic rings. The van der Waals surface area contributed by atoms with Gasteiger partial charge in [0.1, 0.15) is 35.6 Å². The van der Waals surface area contributed by atoms with E-state index in [9.17, 15) is 39.9 Å². The third-order valence-electron chi connectivity index (χ3n) is 9.64. The highest BCUT2D eigenvalue weighted by Gasteiger charge is 2.55. The van der Waals surface area contributed by atoms with E-state index in [-0.39, 0.29) is 40.8 Å². The van der Waals surface area contributed by atoms with Crippen molar-refractivity contribution in [1.29, 1.82) is 0 Å². The maximum atomic E-state index is 13.6. The molecule has 0 bridgehead atoms. The Morgan fingerprint density at radius 3 is 2.58 bits per heavy atom. The van der Waals surface area contributed by atoms with E-state index in [1.54, 1.807) is 0 Å². The van der Waals surface area contributed by atoms with Crippen LogP contribution in [0.5, 0.6) is 17.2 Å². The van der Waals surface area contributed by atoms with Crippen LogP contribution in [-0.4, -0.2) is 117 Å². The van der Waals surface area contributed by atoms with Gasteiger partial charge >= 0.3 is 0 Å². The summed E-state index contributed by atoms with van der Waals surface area (Å²) >= 11 is 0. The van der Waals surface area contributed by atoms with Crippen molar-refractivity contribution in [2.24, 2.45) is 0 Å². The van der Waals surface area contributed by atoms with Gasteiger partial charge < -0.3 is 49.2 Å². The van der Waals surface area contributed by atoms with E-state index in [0.29, 0.717) is 13.2 Å². The van der Waals surface area contributed by atoms with E-state index in [1.807, 2.05) is 6.92 Å². The molecule has 0 spiro atoms. The molecule has 3 aliphatic heterocycles. The van der Waals surface area contributed by atoms with Crippen LogP contribution >= 0.6 is 0 Å². The SMILES string of the molecule is CO[C@H]1OCCN2[C@@H]1O[C@@H]1[C@H](C)O[C@@H](O[C@H]3C[C@](O)(C(=O)CO)Cc4c(O)c5c(c(O)c43)C(=O)c3c(O)cccc3C5=O)C[C@@H]12. The first-order chi connectivity index (χ1) is 21.5. The highest BCUT2D eigenvalue weighted by Crippen LogP contribution is 2.53. The zero-order valence-corrected chi connectivity index (χ0v) is 24.5. The Balaban J connectivity index is 1.29. The second kappa shape index (κ2) is 10.8. The summed E-state index contributed by atoms with van der Waals surface area (Å²) in [6.07, 6.45) is -4.95. The van der Waals surface area contributed by atoms with Crippen molar-refractivity contribution in [1.82, 2.24) is 4.90 Å². The lowest BCUT2D eigenvalue weighted by Gasteiger charge is -2.43. The quantitative estimate of drug-likeness (QED) is 0.243. The molecule has 3 heterocycles. The lowest BCUT2D eigenvalue weighted by Crippen LogP contribution is -2.55. The number of morpholine rings is 1. The van der Waals surface area contributed by atoms with Crippen molar-refractivity contribution < 1.29 is 63.6 Å². The number of carbonyl (C=O) groups is 3. The number of fused-ring (bicyclic) bond motifs is 6. The zero-order valence-electron chi connectivity index (χ0n) is 24.5. The molecule has 14 heteroatoms. The van der Waals surface area contributed by atoms with Gasteiger partial charge in [-0.25, -0.2) is 0 Å². The van der Waals surface area contributed by atoms with Crippen LogP contribution in [0, 0.1) is 0 Å². The van der Waals surface area contributed by atoms with Gasteiger partial charge in [0.15, 0.2) is 30.4 Å². The summed E-state index contributed by atoms with van der Waals surface area (Å²) in [5.74, 6) is -4.56. The number of hydrogen-bond donors (Lipinski definition) is 5. The first-order valence-electron chi connectivity index (χ1n) is 14.7. The molecule has 0 amide bonds. The number of aliphatic hydroxyl groups is 2. The molecule has 0 saturated carbocycles. The monoisotopic (exact) mass is 627 g/mol. The van der Waals surface area contributed by atoms with Crippen molar-refractivity contribution in [2.75, 3.05) is 26.9 Å². The second-order valence-corrected chi connectivity index (χ2v) is 12.1. The minimum absolute atomic E-state index is 0.105. The normalized spacial score (nSPS) is 34.0. The predicted molar refractivity (Wildman–Crippen MR) is 149 cm³/mol. The molecule has 2 aromatic rings. The maximum absolute atomic E-state index is 13.6. The number of hydrogen-bond acceptors (Lipinski definition) is 14. The van der Waals surface area contributed by atoms with Crippen LogP contribution in [-0.2, 0) is 34.9 Å². The number of aliphatic hydroxyl groups excluding tert-OH is 1. The molecule has 0 radical (unpaired) electrons. The minimum Gasteiger partial charge on any atom is -0.507 e. The molecule has 14 nitrogen and oxygen atoms in total. The van der Waals surface area contributed by atoms with E-state index in [1.165, 1.54) is 25.3 Å². The third-order valence-corrected chi connectivity index (χ3v) is 9.64. The van der Waals surface area contributed by atoms with Crippen molar-refractivity contribution in [3.8, 4) is 17.2 Å². The van der Waals surface area contributed by atoms with Crippen molar-refractivity contribution in [3.05, 3.63) is 51.6 Å². The summed E-state index contributed by atoms with van der Waals surface area (Å²) in [6.45, 7) is 1.77. The first-order valence-corrected chi connectivity index (χ1v) is 14.7. The number of rotatable bonds is 5. The highest BCUT2D eigenvalue weighted by molar-refractivity contribution is 6.31. The minimum atomic E-state index is -2.25. The van der Waals surface area contributed by atoms with Gasteiger partial charge in [-0.15, -0.1) is 0 Å². The van der Waals surface area contributed by atoms with Crippen LogP contribution in [0.4, 0.5) is 0 Å². The lowest BCUT2D eigenvalue weighted by atomic mass is 9.72. The van der Waals surface area contributed by atoms with Crippen LogP contribution in [0.25, 0.3) is 0 Å². The van der Waals surface area contributed by atoms with Gasteiger partial charge in [0, 0.05) is 55.6 Å². The molecule has 0 aromatic heterocycles. The molecule has 45 heavy (non-hydrogen) atoms. The number of phenolic OH excluding ortho intramolecular Hbond substituents is 3. The fraction of sp³-hybridized carbons (Fsp3) is 0.516. The molecule has 3 saturated heterocycles. The van der Waals surface area contributed by atoms with Crippen molar-refractivity contribution in [2.45, 2.75) is 74.9 Å². The fourth-order valence-corrected chi connectivity index (χ4v) is 7.53. The maximum Gasteiger partial charge on any atom is 0.202 e. The highest BCUT2D eigenvalue weighted by atomic mass is 16.7. The number of ketones is 3. The molecule has 240 valence electrons. The number of benzene rings is 2. The van der Waals surface area contributed by atoms with Crippen molar-refractivity contribution >= 4 is 17.3 Å². The molecule has 0 unspecified atom stereocenters. The predicted octanol–water partition coefficient (Wildman–Crippen LogP) is 0.408.